The van der Waals surface area contributed by atoms with Gasteiger partial charge in [-0.1, -0.05) is 34.8 Å². The van der Waals surface area contributed by atoms with Gasteiger partial charge in [-0.2, -0.15) is 0 Å². The fraction of sp³-hybridized carbons (Fsp3) is 0. The summed E-state index contributed by atoms with van der Waals surface area (Å²) in [6.07, 6.45) is 1.75. The fourth-order valence-corrected chi connectivity index (χ4v) is 2.04. The highest BCUT2D eigenvalue weighted by Gasteiger charge is 2.14. The highest BCUT2D eigenvalue weighted by Crippen LogP contribution is 2.35. The molecule has 2 nitrogen and oxygen atoms in total. The fourth-order valence-electron chi connectivity index (χ4n) is 1.44. The van der Waals surface area contributed by atoms with Crippen LogP contribution in [0.1, 0.15) is 10.4 Å². The Balaban J connectivity index is 2.66. The molecule has 18 heavy (non-hydrogen) atoms. The van der Waals surface area contributed by atoms with Gasteiger partial charge in [-0.15, -0.1) is 0 Å². The molecule has 0 radical (unpaired) electrons. The second-order valence-corrected chi connectivity index (χ2v) is 4.63. The van der Waals surface area contributed by atoms with E-state index in [1.165, 1.54) is 24.4 Å². The zero-order valence-electron chi connectivity index (χ0n) is 8.75. The third kappa shape index (κ3) is 2.34. The van der Waals surface area contributed by atoms with Gasteiger partial charge in [0.05, 0.1) is 20.6 Å². The lowest BCUT2D eigenvalue weighted by Gasteiger charge is -2.07. The summed E-state index contributed by atoms with van der Waals surface area (Å²) in [7, 11) is 0. The van der Waals surface area contributed by atoms with Crippen LogP contribution in [-0.4, -0.2) is 11.3 Å². The zero-order valence-corrected chi connectivity index (χ0v) is 11.0. The van der Waals surface area contributed by atoms with E-state index in [0.717, 1.165) is 0 Å². The van der Waals surface area contributed by atoms with Gasteiger partial charge in [-0.3, -0.25) is 9.78 Å². The number of aromatic nitrogens is 1. The van der Waals surface area contributed by atoms with Crippen LogP contribution in [0.25, 0.3) is 11.3 Å². The Labute approximate surface area is 117 Å². The maximum Gasteiger partial charge on any atom is 0.159 e. The van der Waals surface area contributed by atoms with Crippen molar-refractivity contribution >= 4 is 41.1 Å². The number of hydrogen-bond acceptors (Lipinski definition) is 2. The number of rotatable bonds is 2. The largest absolute Gasteiger partial charge is 0.298 e. The Morgan fingerprint density at radius 2 is 1.78 bits per heavy atom. The minimum absolute atomic E-state index is 0.0000617. The van der Waals surface area contributed by atoms with Crippen molar-refractivity contribution in [1.29, 1.82) is 0 Å². The number of hydrogen-bond donors (Lipinski definition) is 0. The van der Waals surface area contributed by atoms with Crippen molar-refractivity contribution in [3.63, 3.8) is 0 Å². The Bertz CT molecular complexity index is 608. The number of aldehydes is 1. The van der Waals surface area contributed by atoms with Crippen molar-refractivity contribution in [2.75, 3.05) is 0 Å². The molecular weight excluding hydrogens is 299 g/mol. The Kier molecular flexibility index (Phi) is 3.85. The van der Waals surface area contributed by atoms with E-state index < -0.39 is 5.82 Å². The Hall–Kier alpha value is -1.16. The molecule has 0 aliphatic rings. The Morgan fingerprint density at radius 3 is 2.33 bits per heavy atom. The lowest BCUT2D eigenvalue weighted by atomic mass is 10.1. The maximum absolute atomic E-state index is 13.9. The van der Waals surface area contributed by atoms with Crippen molar-refractivity contribution in [1.82, 2.24) is 4.98 Å². The lowest BCUT2D eigenvalue weighted by Crippen LogP contribution is -1.95. The van der Waals surface area contributed by atoms with Gasteiger partial charge < -0.3 is 0 Å². The first-order valence-corrected chi connectivity index (χ1v) is 5.92. The van der Waals surface area contributed by atoms with Crippen molar-refractivity contribution < 1.29 is 9.18 Å². The molecule has 92 valence electrons. The summed E-state index contributed by atoms with van der Waals surface area (Å²) in [5.41, 5.74) is 0.276. The van der Waals surface area contributed by atoms with E-state index in [-0.39, 0.29) is 26.3 Å². The van der Waals surface area contributed by atoms with E-state index in [1.54, 1.807) is 0 Å². The lowest BCUT2D eigenvalue weighted by molar-refractivity contribution is 0.111. The average molecular weight is 305 g/mol. The summed E-state index contributed by atoms with van der Waals surface area (Å²) >= 11 is 17.5. The van der Waals surface area contributed by atoms with Crippen LogP contribution < -0.4 is 0 Å². The maximum atomic E-state index is 13.9. The molecular formula is C12H5Cl3FNO. The van der Waals surface area contributed by atoms with Crippen LogP contribution in [0.15, 0.2) is 24.4 Å². The summed E-state index contributed by atoms with van der Waals surface area (Å²) in [5, 5.41) is 0.572. The van der Waals surface area contributed by atoms with Crippen molar-refractivity contribution in [3.8, 4) is 11.3 Å². The van der Waals surface area contributed by atoms with Crippen LogP contribution >= 0.6 is 34.8 Å². The van der Waals surface area contributed by atoms with Crippen LogP contribution in [-0.2, 0) is 0 Å². The number of carbonyl (C=O) groups is 1. The summed E-state index contributed by atoms with van der Waals surface area (Å²) in [6.45, 7) is 0. The number of halogens is 4. The van der Waals surface area contributed by atoms with Gasteiger partial charge in [0.1, 0.15) is 5.69 Å². The average Bonchev–Trinajstić information content (AvgIpc) is 2.35. The van der Waals surface area contributed by atoms with Crippen LogP contribution in [0.4, 0.5) is 4.39 Å². The first-order chi connectivity index (χ1) is 8.54. The second-order valence-electron chi connectivity index (χ2n) is 3.43. The number of nitrogens with zero attached hydrogens (tertiary/aromatic N) is 1. The van der Waals surface area contributed by atoms with Gasteiger partial charge in [0.2, 0.25) is 0 Å². The Morgan fingerprint density at radius 1 is 1.17 bits per heavy atom. The molecule has 0 spiro atoms. The van der Waals surface area contributed by atoms with Gasteiger partial charge in [0.25, 0.3) is 0 Å². The van der Waals surface area contributed by atoms with E-state index in [1.807, 2.05) is 0 Å². The van der Waals surface area contributed by atoms with E-state index in [4.69, 9.17) is 34.8 Å². The van der Waals surface area contributed by atoms with Crippen molar-refractivity contribution in [2.45, 2.75) is 0 Å². The molecule has 0 bridgehead atoms. The van der Waals surface area contributed by atoms with Crippen LogP contribution in [0.3, 0.4) is 0 Å². The summed E-state index contributed by atoms with van der Waals surface area (Å²) in [5.74, 6) is -0.720. The molecule has 0 aliphatic carbocycles. The molecule has 1 heterocycles. The predicted octanol–water partition coefficient (Wildman–Crippen LogP) is 4.66. The van der Waals surface area contributed by atoms with E-state index >= 15 is 0 Å². The van der Waals surface area contributed by atoms with Gasteiger partial charge >= 0.3 is 0 Å². The van der Waals surface area contributed by atoms with Crippen molar-refractivity contribution in [3.05, 3.63) is 50.8 Å². The normalized spacial score (nSPS) is 10.4. The molecule has 0 atom stereocenters. The minimum atomic E-state index is -0.720. The predicted molar refractivity (Wildman–Crippen MR) is 70.0 cm³/mol. The third-order valence-corrected chi connectivity index (χ3v) is 3.50. The smallest absolute Gasteiger partial charge is 0.159 e. The minimum Gasteiger partial charge on any atom is -0.298 e. The topological polar surface area (TPSA) is 30.0 Å². The summed E-state index contributed by atoms with van der Waals surface area (Å²) in [6, 6.07) is 4.16. The molecule has 2 aromatic rings. The molecule has 0 aliphatic heterocycles. The molecule has 0 fully saturated rings. The highest BCUT2D eigenvalue weighted by molar-refractivity contribution is 6.48. The summed E-state index contributed by atoms with van der Waals surface area (Å²) in [4.78, 5) is 14.5. The molecule has 0 N–H and O–H groups in total. The van der Waals surface area contributed by atoms with Crippen LogP contribution in [0.5, 0.6) is 0 Å². The molecule has 2 rings (SSSR count). The van der Waals surface area contributed by atoms with Gasteiger partial charge in [-0.05, 0) is 18.2 Å². The molecule has 0 unspecified atom stereocenters. The van der Waals surface area contributed by atoms with E-state index in [9.17, 15) is 9.18 Å². The zero-order chi connectivity index (χ0) is 13.3. The summed E-state index contributed by atoms with van der Waals surface area (Å²) < 4.78 is 13.9. The number of benzene rings is 1. The van der Waals surface area contributed by atoms with E-state index in [2.05, 4.69) is 4.98 Å². The third-order valence-electron chi connectivity index (χ3n) is 2.30. The molecule has 0 saturated heterocycles. The highest BCUT2D eigenvalue weighted by atomic mass is 35.5. The van der Waals surface area contributed by atoms with Crippen LogP contribution in [0, 0.1) is 5.82 Å². The molecule has 6 heteroatoms. The van der Waals surface area contributed by atoms with Gasteiger partial charge in [-0.25, -0.2) is 4.39 Å². The molecule has 0 amide bonds. The first-order valence-electron chi connectivity index (χ1n) is 4.79. The standard InChI is InChI=1S/C12H5Cl3FNO/c13-8-3-7(4-9(14)10(8)15)12-11(16)6(5-18)1-2-17-12/h1-5H. The first kappa shape index (κ1) is 13.3. The number of pyridine rings is 1. The van der Waals surface area contributed by atoms with Gasteiger partial charge in [0, 0.05) is 11.8 Å². The van der Waals surface area contributed by atoms with Gasteiger partial charge in [0.15, 0.2) is 12.1 Å². The quantitative estimate of drug-likeness (QED) is 0.596. The molecule has 1 aromatic heterocycles. The molecule has 0 saturated carbocycles. The second kappa shape index (κ2) is 5.22. The SMILES string of the molecule is O=Cc1ccnc(-c2cc(Cl)c(Cl)c(Cl)c2)c1F. The molecule has 1 aromatic carbocycles. The van der Waals surface area contributed by atoms with E-state index in [0.29, 0.717) is 11.8 Å². The van der Waals surface area contributed by atoms with Crippen LogP contribution in [0.2, 0.25) is 15.1 Å². The monoisotopic (exact) mass is 303 g/mol. The number of carbonyl (C=O) groups excluding carboxylic acids is 1. The van der Waals surface area contributed by atoms with Crippen molar-refractivity contribution in [2.24, 2.45) is 0 Å².